The van der Waals surface area contributed by atoms with Gasteiger partial charge in [-0.25, -0.2) is 9.59 Å². The highest BCUT2D eigenvalue weighted by Crippen LogP contribution is 2.44. The molecule has 0 saturated heterocycles. The Morgan fingerprint density at radius 3 is 1.70 bits per heavy atom. The predicted octanol–water partition coefficient (Wildman–Crippen LogP) is 2.91. The van der Waals surface area contributed by atoms with Gasteiger partial charge in [0.2, 0.25) is 5.78 Å². The molecule has 12 nitrogen and oxygen atoms in total. The summed E-state index contributed by atoms with van der Waals surface area (Å²) < 4.78 is 32.1. The first-order valence-corrected chi connectivity index (χ1v) is 14.2. The zero-order valence-corrected chi connectivity index (χ0v) is 24.4. The minimum absolute atomic E-state index is 0.00465. The molecule has 0 radical (unpaired) electrons. The Labute approximate surface area is 250 Å². The molecule has 1 aliphatic rings. The maximum atomic E-state index is 12.5. The van der Waals surface area contributed by atoms with Crippen LogP contribution in [0.25, 0.3) is 11.1 Å². The van der Waals surface area contributed by atoms with E-state index in [0.717, 1.165) is 0 Å². The van der Waals surface area contributed by atoms with Crippen LogP contribution in [0.3, 0.4) is 0 Å². The molecule has 1 amide bonds. The standard InChI is InChI=1S/C31H39NO11/c1-32(31(37)43-22-27-25-8-4-2-6-23(25)24-7-3-5-9-26(24)27)12-13-38-14-15-39-16-17-40-18-19-41-20-21-42-29(34)11-10-28(33)30(35)36/h2-9,27H,10-22H2,1H3,(H,35,36). The number of hydrogen-bond acceptors (Lipinski definition) is 10. The number of amides is 1. The molecule has 234 valence electrons. The van der Waals surface area contributed by atoms with Gasteiger partial charge in [-0.1, -0.05) is 48.5 Å². The average Bonchev–Trinajstić information content (AvgIpc) is 3.33. The van der Waals surface area contributed by atoms with E-state index in [1.165, 1.54) is 27.2 Å². The number of esters is 1. The second-order valence-corrected chi connectivity index (χ2v) is 9.62. The van der Waals surface area contributed by atoms with Crippen LogP contribution in [0.2, 0.25) is 0 Å². The summed E-state index contributed by atoms with van der Waals surface area (Å²) in [5.74, 6) is -3.23. The molecule has 0 fully saturated rings. The van der Waals surface area contributed by atoms with Crippen molar-refractivity contribution in [2.24, 2.45) is 0 Å². The number of ether oxygens (including phenoxy) is 6. The Kier molecular flexibility index (Phi) is 14.6. The summed E-state index contributed by atoms with van der Waals surface area (Å²) >= 11 is 0. The summed E-state index contributed by atoms with van der Waals surface area (Å²) in [6.45, 7) is 3.35. The van der Waals surface area contributed by atoms with E-state index in [-0.39, 0.29) is 32.2 Å². The lowest BCUT2D eigenvalue weighted by molar-refractivity contribution is -0.151. The largest absolute Gasteiger partial charge is 0.476 e. The highest BCUT2D eigenvalue weighted by molar-refractivity contribution is 6.32. The van der Waals surface area contributed by atoms with Crippen LogP contribution in [-0.2, 0) is 42.8 Å². The fraction of sp³-hybridized carbons (Fsp3) is 0.484. The summed E-state index contributed by atoms with van der Waals surface area (Å²) in [7, 11) is 1.68. The first-order chi connectivity index (χ1) is 20.9. The second kappa shape index (κ2) is 18.6. The minimum Gasteiger partial charge on any atom is -0.476 e. The van der Waals surface area contributed by atoms with E-state index in [2.05, 4.69) is 24.3 Å². The number of carbonyl (C=O) groups is 4. The van der Waals surface area contributed by atoms with Crippen LogP contribution in [0.15, 0.2) is 48.5 Å². The van der Waals surface area contributed by atoms with Crippen molar-refractivity contribution in [3.63, 3.8) is 0 Å². The molecule has 0 atom stereocenters. The molecular weight excluding hydrogens is 562 g/mol. The van der Waals surface area contributed by atoms with Crippen LogP contribution >= 0.6 is 0 Å². The highest BCUT2D eigenvalue weighted by Gasteiger charge is 2.29. The number of fused-ring (bicyclic) bond motifs is 3. The monoisotopic (exact) mass is 601 g/mol. The average molecular weight is 602 g/mol. The lowest BCUT2D eigenvalue weighted by Crippen LogP contribution is -2.32. The molecule has 2 aromatic rings. The molecule has 0 aromatic heterocycles. The van der Waals surface area contributed by atoms with Gasteiger partial charge in [0.25, 0.3) is 0 Å². The van der Waals surface area contributed by atoms with E-state index in [1.54, 1.807) is 7.05 Å². The van der Waals surface area contributed by atoms with Crippen LogP contribution in [0.4, 0.5) is 4.79 Å². The number of benzene rings is 2. The molecule has 3 rings (SSSR count). The van der Waals surface area contributed by atoms with Gasteiger partial charge in [0.05, 0.1) is 59.3 Å². The molecule has 1 aliphatic carbocycles. The van der Waals surface area contributed by atoms with E-state index in [1.807, 2.05) is 24.3 Å². The fourth-order valence-electron chi connectivity index (χ4n) is 4.37. The third-order valence-electron chi connectivity index (χ3n) is 6.62. The number of aliphatic carboxylic acids is 1. The Hall–Kier alpha value is -3.84. The van der Waals surface area contributed by atoms with Crippen molar-refractivity contribution in [1.29, 1.82) is 0 Å². The number of nitrogens with zero attached hydrogens (tertiary/aromatic N) is 1. The zero-order chi connectivity index (χ0) is 30.9. The quantitative estimate of drug-likeness (QED) is 0.128. The van der Waals surface area contributed by atoms with E-state index >= 15 is 0 Å². The number of hydrogen-bond donors (Lipinski definition) is 1. The third kappa shape index (κ3) is 11.4. The molecule has 0 bridgehead atoms. The highest BCUT2D eigenvalue weighted by atomic mass is 16.6. The van der Waals surface area contributed by atoms with Gasteiger partial charge in [0.1, 0.15) is 13.2 Å². The number of carboxylic acid groups (broad SMARTS) is 1. The third-order valence-corrected chi connectivity index (χ3v) is 6.62. The van der Waals surface area contributed by atoms with Crippen molar-refractivity contribution >= 4 is 23.8 Å². The molecule has 0 spiro atoms. The fourth-order valence-corrected chi connectivity index (χ4v) is 4.37. The molecule has 12 heteroatoms. The summed E-state index contributed by atoms with van der Waals surface area (Å²) in [6.07, 6.45) is -1.06. The Balaban J connectivity index is 1.12. The Morgan fingerprint density at radius 1 is 0.674 bits per heavy atom. The van der Waals surface area contributed by atoms with Crippen LogP contribution in [-0.4, -0.2) is 113 Å². The molecular formula is C31H39NO11. The van der Waals surface area contributed by atoms with E-state index < -0.39 is 30.2 Å². The Bertz CT molecular complexity index is 1160. The van der Waals surface area contributed by atoms with Crippen molar-refractivity contribution in [3.8, 4) is 11.1 Å². The summed E-state index contributed by atoms with van der Waals surface area (Å²) in [5.41, 5.74) is 4.72. The van der Waals surface area contributed by atoms with Gasteiger partial charge in [-0.3, -0.25) is 9.59 Å². The SMILES string of the molecule is CN(CCOCCOCCOCCOCCOC(=O)CCC(=O)C(=O)O)C(=O)OCC1c2ccccc2-c2ccccc21. The van der Waals surface area contributed by atoms with Crippen molar-refractivity contribution in [2.45, 2.75) is 18.8 Å². The predicted molar refractivity (Wildman–Crippen MR) is 154 cm³/mol. The molecule has 43 heavy (non-hydrogen) atoms. The van der Waals surface area contributed by atoms with Gasteiger partial charge in [-0.15, -0.1) is 0 Å². The maximum Gasteiger partial charge on any atom is 0.409 e. The van der Waals surface area contributed by atoms with Gasteiger partial charge in [0, 0.05) is 25.9 Å². The lowest BCUT2D eigenvalue weighted by atomic mass is 9.98. The minimum atomic E-state index is -1.57. The number of carboxylic acids is 1. The van der Waals surface area contributed by atoms with Crippen LogP contribution in [0.5, 0.6) is 0 Å². The van der Waals surface area contributed by atoms with E-state index in [9.17, 15) is 19.2 Å². The van der Waals surface area contributed by atoms with Crippen molar-refractivity contribution in [3.05, 3.63) is 59.7 Å². The van der Waals surface area contributed by atoms with Gasteiger partial charge in [0.15, 0.2) is 0 Å². The smallest absolute Gasteiger partial charge is 0.409 e. The van der Waals surface area contributed by atoms with Crippen molar-refractivity contribution in [1.82, 2.24) is 4.90 Å². The first-order valence-electron chi connectivity index (χ1n) is 14.2. The van der Waals surface area contributed by atoms with Gasteiger partial charge in [-0.05, 0) is 22.3 Å². The van der Waals surface area contributed by atoms with Crippen LogP contribution in [0, 0.1) is 0 Å². The Morgan fingerprint density at radius 2 is 1.16 bits per heavy atom. The normalized spacial score (nSPS) is 11.9. The zero-order valence-electron chi connectivity index (χ0n) is 24.4. The molecule has 0 unspecified atom stereocenters. The number of ketones is 1. The van der Waals surface area contributed by atoms with E-state index in [0.29, 0.717) is 52.8 Å². The van der Waals surface area contributed by atoms with Gasteiger partial charge < -0.3 is 38.4 Å². The first kappa shape index (κ1) is 33.7. The van der Waals surface area contributed by atoms with Crippen LogP contribution in [0.1, 0.15) is 29.9 Å². The number of carbonyl (C=O) groups excluding carboxylic acids is 3. The van der Waals surface area contributed by atoms with Crippen molar-refractivity contribution < 1.29 is 52.7 Å². The molecule has 0 aliphatic heterocycles. The maximum absolute atomic E-state index is 12.5. The molecule has 2 aromatic carbocycles. The van der Waals surface area contributed by atoms with E-state index in [4.69, 9.17) is 33.5 Å². The number of Topliss-reactive ketones (excluding diaryl/α,β-unsaturated/α-hetero) is 1. The second-order valence-electron chi connectivity index (χ2n) is 9.62. The molecule has 1 N–H and O–H groups in total. The molecule has 0 heterocycles. The van der Waals surface area contributed by atoms with Gasteiger partial charge in [-0.2, -0.15) is 0 Å². The topological polar surface area (TPSA) is 147 Å². The summed E-state index contributed by atoms with van der Waals surface area (Å²) in [4.78, 5) is 46.7. The van der Waals surface area contributed by atoms with Gasteiger partial charge >= 0.3 is 18.0 Å². The van der Waals surface area contributed by atoms with Crippen molar-refractivity contribution in [2.75, 3.05) is 79.7 Å². The number of likely N-dealkylation sites (N-methyl/N-ethyl adjacent to an activating group) is 1. The summed E-state index contributed by atoms with van der Waals surface area (Å²) in [6, 6.07) is 16.4. The molecule has 0 saturated carbocycles. The van der Waals surface area contributed by atoms with Crippen LogP contribution < -0.4 is 0 Å². The summed E-state index contributed by atoms with van der Waals surface area (Å²) in [5, 5.41) is 8.45. The lowest BCUT2D eigenvalue weighted by Gasteiger charge is -2.19. The number of rotatable bonds is 21.